The molecule has 0 heterocycles. The van der Waals surface area contributed by atoms with Gasteiger partial charge in [0, 0.05) is 0 Å². The van der Waals surface area contributed by atoms with E-state index in [2.05, 4.69) is 14.4 Å². The molecule has 0 spiro atoms. The third-order valence-electron chi connectivity index (χ3n) is 0.163. The van der Waals surface area contributed by atoms with Gasteiger partial charge < -0.3 is 0 Å². The second-order valence-electron chi connectivity index (χ2n) is 0.728. The van der Waals surface area contributed by atoms with Crippen molar-refractivity contribution in [2.75, 3.05) is 7.11 Å². The summed E-state index contributed by atoms with van der Waals surface area (Å²) in [5.74, 6) is 0. The third-order valence-corrected chi connectivity index (χ3v) is 0.489. The van der Waals surface area contributed by atoms with Crippen molar-refractivity contribution >= 4 is 10.3 Å². The zero-order chi connectivity index (χ0) is 5.91. The van der Waals surface area contributed by atoms with Crippen LogP contribution in [-0.2, 0) is 19.5 Å². The maximum absolute atomic E-state index is 9.66. The molecule has 0 radical (unpaired) electrons. The molecule has 0 fully saturated rings. The van der Waals surface area contributed by atoms with E-state index in [-0.39, 0.29) is 0 Å². The van der Waals surface area contributed by atoms with Crippen molar-refractivity contribution in [3.8, 4) is 0 Å². The first kappa shape index (κ1) is 6.83. The molecule has 44 valence electrons. The van der Waals surface area contributed by atoms with Crippen molar-refractivity contribution in [2.24, 2.45) is 5.14 Å². The van der Waals surface area contributed by atoms with Crippen LogP contribution in [0.4, 0.5) is 0 Å². The Balaban J connectivity index is 3.60. The van der Waals surface area contributed by atoms with E-state index in [9.17, 15) is 8.42 Å². The molecule has 0 aromatic rings. The molecule has 0 saturated carbocycles. The highest BCUT2D eigenvalue weighted by molar-refractivity contribution is 7.84. The first-order valence-corrected chi connectivity index (χ1v) is 2.78. The standard InChI is InChI=1S/CH5NO4S/c1-5-6-7(2,3)4/h1H3,(H2,2,3,4). The first-order chi connectivity index (χ1) is 3.06. The molecular weight excluding hydrogens is 122 g/mol. The normalized spacial score (nSPS) is 11.7. The predicted molar refractivity (Wildman–Crippen MR) is 21.2 cm³/mol. The Morgan fingerprint density at radius 1 is 1.57 bits per heavy atom. The molecule has 6 heteroatoms. The summed E-state index contributed by atoms with van der Waals surface area (Å²) in [6, 6.07) is 0. The Hall–Kier alpha value is -0.170. The zero-order valence-electron chi connectivity index (χ0n) is 3.62. The lowest BCUT2D eigenvalue weighted by atomic mass is 11.8. The van der Waals surface area contributed by atoms with Crippen molar-refractivity contribution in [2.45, 2.75) is 0 Å². The highest BCUT2D eigenvalue weighted by Crippen LogP contribution is 1.77. The molecule has 0 aliphatic heterocycles. The topological polar surface area (TPSA) is 78.6 Å². The minimum atomic E-state index is -3.90. The van der Waals surface area contributed by atoms with Gasteiger partial charge in [-0.3, -0.25) is 0 Å². The first-order valence-electron chi connectivity index (χ1n) is 1.31. The van der Waals surface area contributed by atoms with Crippen LogP contribution in [0, 0.1) is 0 Å². The van der Waals surface area contributed by atoms with Gasteiger partial charge in [0.25, 0.3) is 0 Å². The molecular formula is CH5NO4S. The van der Waals surface area contributed by atoms with Crippen LogP contribution in [0.3, 0.4) is 0 Å². The van der Waals surface area contributed by atoms with Crippen molar-refractivity contribution < 1.29 is 17.6 Å². The average molecular weight is 127 g/mol. The van der Waals surface area contributed by atoms with Crippen LogP contribution in [0.15, 0.2) is 0 Å². The lowest BCUT2D eigenvalue weighted by molar-refractivity contribution is -0.172. The minimum Gasteiger partial charge on any atom is -0.222 e. The van der Waals surface area contributed by atoms with Crippen molar-refractivity contribution in [1.82, 2.24) is 0 Å². The van der Waals surface area contributed by atoms with Crippen molar-refractivity contribution in [3.05, 3.63) is 0 Å². The Morgan fingerprint density at radius 2 is 2.00 bits per heavy atom. The maximum atomic E-state index is 9.66. The number of hydrogen-bond acceptors (Lipinski definition) is 4. The van der Waals surface area contributed by atoms with Gasteiger partial charge in [-0.25, -0.2) is 10.0 Å². The van der Waals surface area contributed by atoms with Gasteiger partial charge >= 0.3 is 10.3 Å². The van der Waals surface area contributed by atoms with E-state index in [4.69, 9.17) is 0 Å². The molecule has 5 nitrogen and oxygen atoms in total. The minimum absolute atomic E-state index is 1.05. The second kappa shape index (κ2) is 2.22. The van der Waals surface area contributed by atoms with Crippen LogP contribution in [-0.4, -0.2) is 15.5 Å². The summed E-state index contributed by atoms with van der Waals surface area (Å²) < 4.78 is 22.8. The average Bonchev–Trinajstić information content (AvgIpc) is 1.30. The Bertz CT molecular complexity index is 125. The molecule has 0 amide bonds. The van der Waals surface area contributed by atoms with E-state index in [1.54, 1.807) is 0 Å². The van der Waals surface area contributed by atoms with Gasteiger partial charge in [-0.2, -0.15) is 8.42 Å². The van der Waals surface area contributed by atoms with Crippen LogP contribution < -0.4 is 5.14 Å². The molecule has 0 aromatic heterocycles. The summed E-state index contributed by atoms with van der Waals surface area (Å²) >= 11 is 0. The second-order valence-corrected chi connectivity index (χ2v) is 1.85. The third kappa shape index (κ3) is 5.83. The molecule has 0 aromatic carbocycles. The van der Waals surface area contributed by atoms with E-state index >= 15 is 0 Å². The molecule has 0 aliphatic rings. The van der Waals surface area contributed by atoms with Gasteiger partial charge in [-0.1, -0.05) is 4.33 Å². The van der Waals surface area contributed by atoms with E-state index < -0.39 is 10.3 Å². The summed E-state index contributed by atoms with van der Waals surface area (Å²) in [4.78, 5) is 3.69. The van der Waals surface area contributed by atoms with Gasteiger partial charge in [0.05, 0.1) is 7.11 Å². The van der Waals surface area contributed by atoms with Gasteiger partial charge in [0.15, 0.2) is 0 Å². The fourth-order valence-corrected chi connectivity index (χ4v) is 0.285. The van der Waals surface area contributed by atoms with E-state index in [1.807, 2.05) is 0 Å². The number of hydrogen-bond donors (Lipinski definition) is 1. The van der Waals surface area contributed by atoms with Gasteiger partial charge in [-0.15, -0.1) is 0 Å². The molecule has 0 aliphatic carbocycles. The smallest absolute Gasteiger partial charge is 0.222 e. The number of nitrogens with two attached hydrogens (primary N) is 1. The summed E-state index contributed by atoms with van der Waals surface area (Å²) in [6.07, 6.45) is 0. The van der Waals surface area contributed by atoms with Crippen molar-refractivity contribution in [1.29, 1.82) is 0 Å². The predicted octanol–water partition coefficient (Wildman–Crippen LogP) is -1.23. The van der Waals surface area contributed by atoms with Crippen LogP contribution >= 0.6 is 0 Å². The van der Waals surface area contributed by atoms with E-state index in [1.165, 1.54) is 0 Å². The van der Waals surface area contributed by atoms with E-state index in [0.717, 1.165) is 7.11 Å². The summed E-state index contributed by atoms with van der Waals surface area (Å²) in [6.45, 7) is 0. The van der Waals surface area contributed by atoms with Crippen molar-refractivity contribution in [3.63, 3.8) is 0 Å². The summed E-state index contributed by atoms with van der Waals surface area (Å²) in [7, 11) is -2.85. The van der Waals surface area contributed by atoms with Gasteiger partial charge in [0.2, 0.25) is 0 Å². The number of rotatable bonds is 2. The fourth-order valence-electron chi connectivity index (χ4n) is 0.0948. The molecule has 0 saturated heterocycles. The fraction of sp³-hybridized carbons (Fsp3) is 1.00. The zero-order valence-corrected chi connectivity index (χ0v) is 4.44. The molecule has 0 atom stereocenters. The van der Waals surface area contributed by atoms with Gasteiger partial charge in [-0.05, 0) is 0 Å². The lowest BCUT2D eigenvalue weighted by Crippen LogP contribution is -2.14. The van der Waals surface area contributed by atoms with E-state index in [0.29, 0.717) is 0 Å². The van der Waals surface area contributed by atoms with Crippen LogP contribution in [0.2, 0.25) is 0 Å². The highest BCUT2D eigenvalue weighted by atomic mass is 32.2. The SMILES string of the molecule is COOS(N)(=O)=O. The van der Waals surface area contributed by atoms with Crippen LogP contribution in [0.25, 0.3) is 0 Å². The molecule has 7 heavy (non-hydrogen) atoms. The molecule has 0 rings (SSSR count). The van der Waals surface area contributed by atoms with Gasteiger partial charge in [0.1, 0.15) is 0 Å². The Labute approximate surface area is 41.2 Å². The van der Waals surface area contributed by atoms with Crippen LogP contribution in [0.1, 0.15) is 0 Å². The summed E-state index contributed by atoms with van der Waals surface area (Å²) in [5.41, 5.74) is 0. The summed E-state index contributed by atoms with van der Waals surface area (Å²) in [5, 5.41) is 4.27. The maximum Gasteiger partial charge on any atom is 0.359 e. The monoisotopic (exact) mass is 127 g/mol. The molecule has 0 bridgehead atoms. The largest absolute Gasteiger partial charge is 0.359 e. The highest BCUT2D eigenvalue weighted by Gasteiger charge is 1.97. The Kier molecular flexibility index (Phi) is 2.16. The molecule has 2 N–H and O–H groups in total. The Morgan fingerprint density at radius 3 is 2.00 bits per heavy atom. The quantitative estimate of drug-likeness (QED) is 0.372. The van der Waals surface area contributed by atoms with Crippen LogP contribution in [0.5, 0.6) is 0 Å². The lowest BCUT2D eigenvalue weighted by Gasteiger charge is -1.89. The molecule has 0 unspecified atom stereocenters.